The van der Waals surface area contributed by atoms with Crippen molar-refractivity contribution in [2.75, 3.05) is 24.6 Å². The van der Waals surface area contributed by atoms with Crippen LogP contribution in [0.4, 0.5) is 5.69 Å². The van der Waals surface area contributed by atoms with Crippen molar-refractivity contribution < 1.29 is 8.42 Å². The van der Waals surface area contributed by atoms with Crippen LogP contribution >= 0.6 is 27.7 Å². The van der Waals surface area contributed by atoms with Crippen LogP contribution in [0.15, 0.2) is 27.6 Å². The summed E-state index contributed by atoms with van der Waals surface area (Å²) in [6.07, 6.45) is 0.841. The van der Waals surface area contributed by atoms with Crippen LogP contribution in [0, 0.1) is 0 Å². The summed E-state index contributed by atoms with van der Waals surface area (Å²) in [6, 6.07) is 4.90. The highest BCUT2D eigenvalue weighted by Gasteiger charge is 2.31. The van der Waals surface area contributed by atoms with Gasteiger partial charge in [0.15, 0.2) is 0 Å². The SMILES string of the molecule is CC1(C)CCN(S(=O)(=O)c2ccc(Br)cc2N)CCS1. The van der Waals surface area contributed by atoms with Crippen LogP contribution in [0.5, 0.6) is 0 Å². The molecule has 1 saturated heterocycles. The van der Waals surface area contributed by atoms with Gasteiger partial charge in [0.05, 0.1) is 5.69 Å². The smallest absolute Gasteiger partial charge is 0.245 e. The summed E-state index contributed by atoms with van der Waals surface area (Å²) in [4.78, 5) is 0.199. The molecule has 1 aromatic carbocycles. The molecule has 112 valence electrons. The highest BCUT2D eigenvalue weighted by Crippen LogP contribution is 2.33. The van der Waals surface area contributed by atoms with E-state index < -0.39 is 10.0 Å². The summed E-state index contributed by atoms with van der Waals surface area (Å²) in [5.41, 5.74) is 6.15. The van der Waals surface area contributed by atoms with Crippen molar-refractivity contribution in [1.29, 1.82) is 0 Å². The number of halogens is 1. The second-order valence-corrected chi connectivity index (χ2v) is 10.1. The molecule has 0 spiro atoms. The van der Waals surface area contributed by atoms with Gasteiger partial charge in [-0.15, -0.1) is 0 Å². The maximum atomic E-state index is 12.7. The van der Waals surface area contributed by atoms with Crippen molar-refractivity contribution in [1.82, 2.24) is 4.31 Å². The van der Waals surface area contributed by atoms with Gasteiger partial charge in [0.25, 0.3) is 0 Å². The van der Waals surface area contributed by atoms with Crippen molar-refractivity contribution >= 4 is 43.4 Å². The molecule has 0 amide bonds. The van der Waals surface area contributed by atoms with Crippen LogP contribution < -0.4 is 5.73 Å². The number of hydrogen-bond donors (Lipinski definition) is 1. The molecular weight excluding hydrogens is 360 g/mol. The number of anilines is 1. The van der Waals surface area contributed by atoms with Crippen molar-refractivity contribution in [3.8, 4) is 0 Å². The molecule has 0 atom stereocenters. The average Bonchev–Trinajstić information content (AvgIpc) is 2.50. The van der Waals surface area contributed by atoms with E-state index in [2.05, 4.69) is 29.8 Å². The Bertz CT molecular complexity index is 602. The number of sulfonamides is 1. The van der Waals surface area contributed by atoms with Crippen LogP contribution in [0.1, 0.15) is 20.3 Å². The lowest BCUT2D eigenvalue weighted by Gasteiger charge is -2.23. The molecule has 1 heterocycles. The topological polar surface area (TPSA) is 63.4 Å². The number of nitrogens with zero attached hydrogens (tertiary/aromatic N) is 1. The molecule has 1 fully saturated rings. The molecule has 1 aliphatic heterocycles. The first-order valence-corrected chi connectivity index (χ1v) is 9.63. The van der Waals surface area contributed by atoms with Crippen molar-refractivity contribution in [3.63, 3.8) is 0 Å². The second-order valence-electron chi connectivity index (χ2n) is 5.44. The van der Waals surface area contributed by atoms with Crippen molar-refractivity contribution in [3.05, 3.63) is 22.7 Å². The molecule has 2 N–H and O–H groups in total. The fourth-order valence-corrected chi connectivity index (χ4v) is 5.27. The Morgan fingerprint density at radius 2 is 2.05 bits per heavy atom. The third-order valence-electron chi connectivity index (χ3n) is 3.39. The average molecular weight is 379 g/mol. The van der Waals surface area contributed by atoms with Gasteiger partial charge in [-0.25, -0.2) is 8.42 Å². The van der Waals surface area contributed by atoms with Gasteiger partial charge in [0, 0.05) is 28.1 Å². The van der Waals surface area contributed by atoms with E-state index >= 15 is 0 Å². The lowest BCUT2D eigenvalue weighted by molar-refractivity contribution is 0.415. The Hall–Kier alpha value is -0.240. The van der Waals surface area contributed by atoms with Crippen LogP contribution in [-0.2, 0) is 10.0 Å². The second kappa shape index (κ2) is 5.87. The van der Waals surface area contributed by atoms with Crippen molar-refractivity contribution in [2.45, 2.75) is 29.9 Å². The number of nitrogens with two attached hydrogens (primary N) is 1. The van der Waals surface area contributed by atoms with E-state index in [0.29, 0.717) is 13.1 Å². The summed E-state index contributed by atoms with van der Waals surface area (Å²) < 4.78 is 27.9. The predicted octanol–water partition coefficient (Wildman–Crippen LogP) is 2.94. The highest BCUT2D eigenvalue weighted by atomic mass is 79.9. The summed E-state index contributed by atoms with van der Waals surface area (Å²) >= 11 is 5.11. The largest absolute Gasteiger partial charge is 0.398 e. The fourth-order valence-electron chi connectivity index (χ4n) is 2.14. The van der Waals surface area contributed by atoms with Crippen LogP contribution in [0.3, 0.4) is 0 Å². The van der Waals surface area contributed by atoms with Gasteiger partial charge in [0.2, 0.25) is 10.0 Å². The van der Waals surface area contributed by atoms with E-state index in [9.17, 15) is 8.42 Å². The lowest BCUT2D eigenvalue weighted by Crippen LogP contribution is -2.34. The van der Waals surface area contributed by atoms with Gasteiger partial charge in [0.1, 0.15) is 4.90 Å². The van der Waals surface area contributed by atoms with Gasteiger partial charge >= 0.3 is 0 Å². The zero-order chi connectivity index (χ0) is 15.0. The molecule has 0 radical (unpaired) electrons. The van der Waals surface area contributed by atoms with Crippen molar-refractivity contribution in [2.24, 2.45) is 0 Å². The number of hydrogen-bond acceptors (Lipinski definition) is 4. The quantitative estimate of drug-likeness (QED) is 0.803. The van der Waals surface area contributed by atoms with E-state index in [0.717, 1.165) is 16.6 Å². The van der Waals surface area contributed by atoms with E-state index in [1.807, 2.05) is 11.8 Å². The van der Waals surface area contributed by atoms with Crippen LogP contribution in [0.2, 0.25) is 0 Å². The molecule has 1 aromatic rings. The zero-order valence-electron chi connectivity index (χ0n) is 11.6. The molecule has 0 unspecified atom stereocenters. The zero-order valence-corrected chi connectivity index (χ0v) is 14.8. The van der Waals surface area contributed by atoms with Crippen LogP contribution in [0.25, 0.3) is 0 Å². The monoisotopic (exact) mass is 378 g/mol. The number of benzene rings is 1. The number of rotatable bonds is 2. The minimum absolute atomic E-state index is 0.121. The maximum absolute atomic E-state index is 12.7. The Balaban J connectivity index is 2.30. The standard InChI is InChI=1S/C13H19BrN2O2S2/c1-13(2)5-6-16(7-8-19-13)20(17,18)12-4-3-10(14)9-11(12)15/h3-4,9H,5-8,15H2,1-2H3. The molecule has 2 rings (SSSR count). The first-order valence-electron chi connectivity index (χ1n) is 6.41. The van der Waals surface area contributed by atoms with Gasteiger partial charge in [-0.05, 0) is 24.6 Å². The molecule has 0 saturated carbocycles. The van der Waals surface area contributed by atoms with E-state index in [-0.39, 0.29) is 15.3 Å². The first-order chi connectivity index (χ1) is 9.22. The molecule has 4 nitrogen and oxygen atoms in total. The first kappa shape index (κ1) is 16.1. The Morgan fingerprint density at radius 1 is 1.35 bits per heavy atom. The molecule has 0 bridgehead atoms. The minimum Gasteiger partial charge on any atom is -0.398 e. The van der Waals surface area contributed by atoms with Gasteiger partial charge in [-0.1, -0.05) is 29.8 Å². The fraction of sp³-hybridized carbons (Fsp3) is 0.538. The third-order valence-corrected chi connectivity index (χ3v) is 7.22. The third kappa shape index (κ3) is 3.50. The highest BCUT2D eigenvalue weighted by molar-refractivity contribution is 9.10. The number of thioether (sulfide) groups is 1. The van der Waals surface area contributed by atoms with E-state index in [1.165, 1.54) is 0 Å². The minimum atomic E-state index is -3.51. The lowest BCUT2D eigenvalue weighted by atomic mass is 10.1. The summed E-state index contributed by atoms with van der Waals surface area (Å²) in [7, 11) is -3.51. The Labute approximate surface area is 133 Å². The Kier molecular flexibility index (Phi) is 4.73. The molecule has 0 aliphatic carbocycles. The summed E-state index contributed by atoms with van der Waals surface area (Å²) in [6.45, 7) is 5.38. The van der Waals surface area contributed by atoms with Gasteiger partial charge < -0.3 is 5.73 Å². The molecule has 7 heteroatoms. The molecule has 1 aliphatic rings. The van der Waals surface area contributed by atoms with Gasteiger partial charge in [-0.3, -0.25) is 0 Å². The molecule has 20 heavy (non-hydrogen) atoms. The number of nitrogen functional groups attached to an aromatic ring is 1. The van der Waals surface area contributed by atoms with Gasteiger partial charge in [-0.2, -0.15) is 16.1 Å². The van der Waals surface area contributed by atoms with E-state index in [4.69, 9.17) is 5.73 Å². The van der Waals surface area contributed by atoms with E-state index in [1.54, 1.807) is 22.5 Å². The Morgan fingerprint density at radius 3 is 2.70 bits per heavy atom. The van der Waals surface area contributed by atoms with Crippen LogP contribution in [-0.4, -0.2) is 36.3 Å². The molecular formula is C13H19BrN2O2S2. The molecule has 0 aromatic heterocycles. The summed E-state index contributed by atoms with van der Waals surface area (Å²) in [5, 5.41) is 0. The maximum Gasteiger partial charge on any atom is 0.245 e. The normalized spacial score (nSPS) is 20.6. The predicted molar refractivity (Wildman–Crippen MR) is 88.5 cm³/mol. The summed E-state index contributed by atoms with van der Waals surface area (Å²) in [5.74, 6) is 0.808.